The smallest absolute Gasteiger partial charge is 0.243 e. The number of nitrogens with zero attached hydrogens (tertiary/aromatic N) is 1. The number of hydrogen-bond donors (Lipinski definition) is 1. The zero-order valence-electron chi connectivity index (χ0n) is 20.8. The van der Waals surface area contributed by atoms with Crippen LogP contribution in [0, 0.1) is 0 Å². The number of ether oxygens (including phenoxy) is 1. The fourth-order valence-corrected chi connectivity index (χ4v) is 4.90. The highest BCUT2D eigenvalue weighted by atomic mass is 35.5. The number of thioether (sulfide) groups is 1. The van der Waals surface area contributed by atoms with Crippen molar-refractivity contribution in [1.29, 1.82) is 0 Å². The summed E-state index contributed by atoms with van der Waals surface area (Å²) in [7, 11) is 1.64. The molecule has 3 aromatic rings. The lowest BCUT2D eigenvalue weighted by atomic mass is 10.0. The molecule has 2 amide bonds. The Hall–Kier alpha value is -2.96. The Balaban J connectivity index is 1.81. The molecule has 190 valence electrons. The average Bonchev–Trinajstić information content (AvgIpc) is 2.90. The maximum Gasteiger partial charge on any atom is 0.243 e. The van der Waals surface area contributed by atoms with Gasteiger partial charge in [0.2, 0.25) is 11.8 Å². The van der Waals surface area contributed by atoms with Crippen LogP contribution in [0.4, 0.5) is 0 Å². The molecule has 5 nitrogen and oxygen atoms in total. The van der Waals surface area contributed by atoms with Crippen molar-refractivity contribution in [1.82, 2.24) is 10.2 Å². The fraction of sp³-hybridized carbons (Fsp3) is 0.310. The summed E-state index contributed by atoms with van der Waals surface area (Å²) in [5.74, 6) is 1.53. The van der Waals surface area contributed by atoms with Crippen LogP contribution in [-0.4, -0.2) is 42.2 Å². The number of hydrogen-bond acceptors (Lipinski definition) is 4. The van der Waals surface area contributed by atoms with Crippen molar-refractivity contribution in [3.05, 3.63) is 101 Å². The van der Waals surface area contributed by atoms with Crippen LogP contribution in [0.15, 0.2) is 78.9 Å². The standard InChI is InChI=1S/C29H33ClN2O3S/c1-3-16-31-29(34)27(18-22-8-5-4-6-9-22)32(19-24-10-7-11-25(30)17-24)28(33)21-36-20-23-12-14-26(35-2)15-13-23/h4-15,17,27H,3,16,18-21H2,1-2H3,(H,31,34). The van der Waals surface area contributed by atoms with Crippen molar-refractivity contribution < 1.29 is 14.3 Å². The Kier molecular flexibility index (Phi) is 11.2. The van der Waals surface area contributed by atoms with Gasteiger partial charge in [-0.1, -0.05) is 73.1 Å². The third kappa shape index (κ3) is 8.61. The van der Waals surface area contributed by atoms with E-state index in [1.165, 1.54) is 11.8 Å². The molecule has 0 saturated heterocycles. The zero-order chi connectivity index (χ0) is 25.8. The normalized spacial score (nSPS) is 11.5. The summed E-state index contributed by atoms with van der Waals surface area (Å²) in [5.41, 5.74) is 3.00. The number of benzene rings is 3. The van der Waals surface area contributed by atoms with E-state index in [1.807, 2.05) is 79.7 Å². The Morgan fingerprint density at radius 2 is 1.69 bits per heavy atom. The zero-order valence-corrected chi connectivity index (χ0v) is 22.4. The first-order valence-corrected chi connectivity index (χ1v) is 13.6. The molecule has 7 heteroatoms. The molecule has 3 rings (SSSR count). The third-order valence-corrected chi connectivity index (χ3v) is 6.94. The molecule has 0 bridgehead atoms. The molecule has 0 fully saturated rings. The predicted molar refractivity (Wildman–Crippen MR) is 148 cm³/mol. The highest BCUT2D eigenvalue weighted by molar-refractivity contribution is 7.99. The van der Waals surface area contributed by atoms with E-state index < -0.39 is 6.04 Å². The molecule has 1 atom stereocenters. The number of amides is 2. The number of methoxy groups -OCH3 is 1. The number of carbonyl (C=O) groups excluding carboxylic acids is 2. The van der Waals surface area contributed by atoms with Gasteiger partial charge in [-0.15, -0.1) is 11.8 Å². The van der Waals surface area contributed by atoms with Crippen LogP contribution in [0.25, 0.3) is 0 Å². The van der Waals surface area contributed by atoms with Crippen LogP contribution in [0.5, 0.6) is 5.75 Å². The summed E-state index contributed by atoms with van der Waals surface area (Å²) in [5, 5.41) is 3.60. The SMILES string of the molecule is CCCNC(=O)C(Cc1ccccc1)N(Cc1cccc(Cl)c1)C(=O)CSCc1ccc(OC)cc1. The summed E-state index contributed by atoms with van der Waals surface area (Å²) >= 11 is 7.76. The maximum absolute atomic E-state index is 13.6. The Bertz CT molecular complexity index is 1110. The quantitative estimate of drug-likeness (QED) is 0.309. The Morgan fingerprint density at radius 3 is 2.36 bits per heavy atom. The Labute approximate surface area is 223 Å². The second-order valence-electron chi connectivity index (χ2n) is 8.49. The minimum absolute atomic E-state index is 0.0823. The molecule has 0 heterocycles. The molecule has 3 aromatic carbocycles. The number of rotatable bonds is 13. The van der Waals surface area contributed by atoms with Crippen molar-refractivity contribution in [2.24, 2.45) is 0 Å². The van der Waals surface area contributed by atoms with Gasteiger partial charge >= 0.3 is 0 Å². The number of nitrogens with one attached hydrogen (secondary N) is 1. The van der Waals surface area contributed by atoms with Gasteiger partial charge in [0, 0.05) is 30.3 Å². The summed E-state index contributed by atoms with van der Waals surface area (Å²) in [4.78, 5) is 28.6. The van der Waals surface area contributed by atoms with Crippen LogP contribution < -0.4 is 10.1 Å². The lowest BCUT2D eigenvalue weighted by Crippen LogP contribution is -2.51. The van der Waals surface area contributed by atoms with Gasteiger partial charge in [-0.2, -0.15) is 0 Å². The minimum atomic E-state index is -0.632. The van der Waals surface area contributed by atoms with Gasteiger partial charge in [0.25, 0.3) is 0 Å². The van der Waals surface area contributed by atoms with E-state index in [0.29, 0.717) is 30.3 Å². The second kappa shape index (κ2) is 14.6. The van der Waals surface area contributed by atoms with Crippen LogP contribution in [0.1, 0.15) is 30.0 Å². The second-order valence-corrected chi connectivity index (χ2v) is 9.91. The van der Waals surface area contributed by atoms with Crippen LogP contribution in [0.3, 0.4) is 0 Å². The highest BCUT2D eigenvalue weighted by Crippen LogP contribution is 2.21. The molecule has 0 aromatic heterocycles. The van der Waals surface area contributed by atoms with Crippen molar-refractivity contribution in [2.45, 2.75) is 38.1 Å². The Morgan fingerprint density at radius 1 is 0.972 bits per heavy atom. The van der Waals surface area contributed by atoms with E-state index in [1.54, 1.807) is 18.1 Å². The lowest BCUT2D eigenvalue weighted by Gasteiger charge is -2.31. The first kappa shape index (κ1) is 27.6. The van der Waals surface area contributed by atoms with Gasteiger partial charge in [0.1, 0.15) is 11.8 Å². The average molecular weight is 525 g/mol. The molecule has 0 radical (unpaired) electrons. The predicted octanol–water partition coefficient (Wildman–Crippen LogP) is 5.75. The van der Waals surface area contributed by atoms with Gasteiger partial charge in [0.05, 0.1) is 12.9 Å². The van der Waals surface area contributed by atoms with E-state index in [2.05, 4.69) is 5.32 Å². The topological polar surface area (TPSA) is 58.6 Å². The van der Waals surface area contributed by atoms with E-state index >= 15 is 0 Å². The number of carbonyl (C=O) groups is 2. The third-order valence-electron chi connectivity index (χ3n) is 5.72. The van der Waals surface area contributed by atoms with E-state index in [4.69, 9.17) is 16.3 Å². The summed E-state index contributed by atoms with van der Waals surface area (Å²) in [6, 6.07) is 24.4. The minimum Gasteiger partial charge on any atom is -0.497 e. The first-order valence-electron chi connectivity index (χ1n) is 12.1. The monoisotopic (exact) mass is 524 g/mol. The van der Waals surface area contributed by atoms with Crippen molar-refractivity contribution in [3.63, 3.8) is 0 Å². The summed E-state index contributed by atoms with van der Waals surface area (Å²) in [6.45, 7) is 2.88. The van der Waals surface area contributed by atoms with Crippen LogP contribution in [0.2, 0.25) is 5.02 Å². The molecule has 0 aliphatic carbocycles. The van der Waals surface area contributed by atoms with Gasteiger partial charge < -0.3 is 15.0 Å². The van der Waals surface area contributed by atoms with Gasteiger partial charge in [-0.3, -0.25) is 9.59 Å². The molecule has 0 aliphatic rings. The van der Waals surface area contributed by atoms with Crippen molar-refractivity contribution in [3.8, 4) is 5.75 Å². The largest absolute Gasteiger partial charge is 0.497 e. The highest BCUT2D eigenvalue weighted by Gasteiger charge is 2.30. The molecule has 36 heavy (non-hydrogen) atoms. The fourth-order valence-electron chi connectivity index (χ4n) is 3.81. The molecular formula is C29H33ClN2O3S. The van der Waals surface area contributed by atoms with Crippen LogP contribution in [-0.2, 0) is 28.3 Å². The van der Waals surface area contributed by atoms with Gasteiger partial charge in [-0.25, -0.2) is 0 Å². The van der Waals surface area contributed by atoms with Gasteiger partial charge in [0.15, 0.2) is 0 Å². The lowest BCUT2D eigenvalue weighted by molar-refractivity contribution is -0.139. The molecule has 0 spiro atoms. The van der Waals surface area contributed by atoms with Crippen molar-refractivity contribution >= 4 is 35.2 Å². The molecule has 0 aliphatic heterocycles. The molecule has 1 unspecified atom stereocenters. The molecular weight excluding hydrogens is 492 g/mol. The summed E-state index contributed by atoms with van der Waals surface area (Å²) < 4.78 is 5.22. The molecule has 1 N–H and O–H groups in total. The molecule has 0 saturated carbocycles. The summed E-state index contributed by atoms with van der Waals surface area (Å²) in [6.07, 6.45) is 1.26. The van der Waals surface area contributed by atoms with Gasteiger partial charge in [-0.05, 0) is 47.4 Å². The van der Waals surface area contributed by atoms with Crippen LogP contribution >= 0.6 is 23.4 Å². The van der Waals surface area contributed by atoms with Crippen molar-refractivity contribution in [2.75, 3.05) is 19.4 Å². The van der Waals surface area contributed by atoms with E-state index in [-0.39, 0.29) is 17.6 Å². The van der Waals surface area contributed by atoms with E-state index in [9.17, 15) is 9.59 Å². The first-order chi connectivity index (χ1) is 17.5. The van der Waals surface area contributed by atoms with E-state index in [0.717, 1.165) is 28.9 Å². The maximum atomic E-state index is 13.6. The number of halogens is 1.